The van der Waals surface area contributed by atoms with Crippen LogP contribution in [0, 0.1) is 0 Å². The van der Waals surface area contributed by atoms with Gasteiger partial charge in [0.2, 0.25) is 5.82 Å². The summed E-state index contributed by atoms with van der Waals surface area (Å²) in [5, 5.41) is 0. The van der Waals surface area contributed by atoms with E-state index < -0.39 is 0 Å². The molecule has 2 aliphatic rings. The summed E-state index contributed by atoms with van der Waals surface area (Å²) in [6.07, 6.45) is 2.80. The Labute approximate surface area is 119 Å². The number of amides is 1. The number of carbonyl (C=O) groups is 1. The molecular formula is C14H21N5O. The maximum atomic E-state index is 12.4. The summed E-state index contributed by atoms with van der Waals surface area (Å²) >= 11 is 0. The third-order valence-electron chi connectivity index (χ3n) is 4.12. The van der Waals surface area contributed by atoms with E-state index in [9.17, 15) is 4.79 Å². The van der Waals surface area contributed by atoms with E-state index >= 15 is 0 Å². The molecule has 1 amide bonds. The number of nitrogens with zero attached hydrogens (tertiary/aromatic N) is 5. The van der Waals surface area contributed by atoms with Crippen molar-refractivity contribution in [1.82, 2.24) is 24.7 Å². The van der Waals surface area contributed by atoms with Gasteiger partial charge in [-0.15, -0.1) is 0 Å². The Morgan fingerprint density at radius 2 is 1.85 bits per heavy atom. The average molecular weight is 275 g/mol. The van der Waals surface area contributed by atoms with Gasteiger partial charge in [-0.2, -0.15) is 0 Å². The summed E-state index contributed by atoms with van der Waals surface area (Å²) in [6.45, 7) is 5.19. The van der Waals surface area contributed by atoms with Crippen molar-refractivity contribution in [3.05, 3.63) is 23.3 Å². The first-order valence-electron chi connectivity index (χ1n) is 7.14. The lowest BCUT2D eigenvalue weighted by atomic mass is 10.1. The van der Waals surface area contributed by atoms with Crippen molar-refractivity contribution in [2.75, 3.05) is 46.8 Å². The van der Waals surface area contributed by atoms with Crippen LogP contribution in [0.5, 0.6) is 0 Å². The van der Waals surface area contributed by atoms with Crippen LogP contribution in [0.4, 0.5) is 0 Å². The molecule has 1 aromatic heterocycles. The maximum Gasteiger partial charge on any atom is 0.291 e. The van der Waals surface area contributed by atoms with E-state index in [0.29, 0.717) is 5.82 Å². The van der Waals surface area contributed by atoms with Crippen LogP contribution >= 0.6 is 0 Å². The van der Waals surface area contributed by atoms with Gasteiger partial charge in [0.05, 0.1) is 5.69 Å². The lowest BCUT2D eigenvalue weighted by molar-refractivity contribution is 0.0651. The fraction of sp³-hybridized carbons (Fsp3) is 0.643. The molecule has 0 atom stereocenters. The van der Waals surface area contributed by atoms with E-state index in [1.54, 1.807) is 0 Å². The normalized spacial score (nSPS) is 20.8. The van der Waals surface area contributed by atoms with E-state index in [-0.39, 0.29) is 5.91 Å². The second kappa shape index (κ2) is 5.46. The Morgan fingerprint density at radius 1 is 1.10 bits per heavy atom. The highest BCUT2D eigenvalue weighted by Crippen LogP contribution is 2.15. The lowest BCUT2D eigenvalue weighted by Crippen LogP contribution is -2.47. The molecule has 0 N–H and O–H groups in total. The van der Waals surface area contributed by atoms with Crippen LogP contribution < -0.4 is 0 Å². The Balaban J connectivity index is 1.77. The van der Waals surface area contributed by atoms with E-state index in [4.69, 9.17) is 0 Å². The quantitative estimate of drug-likeness (QED) is 0.713. The summed E-state index contributed by atoms with van der Waals surface area (Å²) < 4.78 is 0. The number of hydrogen-bond donors (Lipinski definition) is 0. The molecule has 0 saturated carbocycles. The smallest absolute Gasteiger partial charge is 0.291 e. The monoisotopic (exact) mass is 275 g/mol. The van der Waals surface area contributed by atoms with Gasteiger partial charge in [-0.1, -0.05) is 0 Å². The van der Waals surface area contributed by atoms with Crippen molar-refractivity contribution in [3.63, 3.8) is 0 Å². The topological polar surface area (TPSA) is 52.6 Å². The molecule has 0 aromatic carbocycles. The molecule has 1 fully saturated rings. The van der Waals surface area contributed by atoms with Crippen molar-refractivity contribution in [1.29, 1.82) is 0 Å². The minimum absolute atomic E-state index is 0.0332. The third kappa shape index (κ3) is 2.66. The molecule has 3 rings (SSSR count). The first-order chi connectivity index (χ1) is 9.63. The highest BCUT2D eigenvalue weighted by Gasteiger charge is 2.24. The number of hydrogen-bond acceptors (Lipinski definition) is 5. The first kappa shape index (κ1) is 13.5. The summed E-state index contributed by atoms with van der Waals surface area (Å²) in [6, 6.07) is 0. The predicted octanol–water partition coefficient (Wildman–Crippen LogP) is -0.148. The van der Waals surface area contributed by atoms with Gasteiger partial charge in [-0.3, -0.25) is 4.79 Å². The van der Waals surface area contributed by atoms with Gasteiger partial charge < -0.3 is 14.7 Å². The summed E-state index contributed by atoms with van der Waals surface area (Å²) in [5.41, 5.74) is 2.18. The third-order valence-corrected chi connectivity index (χ3v) is 4.12. The van der Waals surface area contributed by atoms with Crippen LogP contribution in [-0.2, 0) is 13.0 Å². The molecule has 0 unspecified atom stereocenters. The summed E-state index contributed by atoms with van der Waals surface area (Å²) in [7, 11) is 4.15. The second-order valence-corrected chi connectivity index (χ2v) is 5.75. The van der Waals surface area contributed by atoms with Gasteiger partial charge in [0.15, 0.2) is 0 Å². The zero-order chi connectivity index (χ0) is 14.1. The van der Waals surface area contributed by atoms with Crippen molar-refractivity contribution in [2.24, 2.45) is 0 Å². The van der Waals surface area contributed by atoms with Gasteiger partial charge in [0.25, 0.3) is 5.91 Å². The molecule has 20 heavy (non-hydrogen) atoms. The molecule has 0 aliphatic carbocycles. The molecule has 1 aromatic rings. The van der Waals surface area contributed by atoms with Gasteiger partial charge in [-0.05, 0) is 26.1 Å². The maximum absolute atomic E-state index is 12.4. The number of likely N-dealkylation sites (N-methyl/N-ethyl adjacent to an activating group) is 2. The SMILES string of the molecule is CN1CCN(C(=O)c2ncc3c(n2)CN(C)CC3)CC1. The van der Waals surface area contributed by atoms with Crippen LogP contribution in [0.3, 0.4) is 0 Å². The Morgan fingerprint density at radius 3 is 2.60 bits per heavy atom. The minimum Gasteiger partial charge on any atom is -0.333 e. The van der Waals surface area contributed by atoms with E-state index in [0.717, 1.165) is 51.4 Å². The van der Waals surface area contributed by atoms with Gasteiger partial charge in [0, 0.05) is 45.5 Å². The number of aromatic nitrogens is 2. The van der Waals surface area contributed by atoms with Crippen LogP contribution in [-0.4, -0.2) is 77.4 Å². The van der Waals surface area contributed by atoms with Crippen LogP contribution in [0.15, 0.2) is 6.20 Å². The highest BCUT2D eigenvalue weighted by atomic mass is 16.2. The molecule has 0 spiro atoms. The van der Waals surface area contributed by atoms with Gasteiger partial charge in [-0.25, -0.2) is 9.97 Å². The predicted molar refractivity (Wildman–Crippen MR) is 75.5 cm³/mol. The lowest BCUT2D eigenvalue weighted by Gasteiger charge is -2.32. The van der Waals surface area contributed by atoms with Crippen LogP contribution in [0.25, 0.3) is 0 Å². The first-order valence-corrected chi connectivity index (χ1v) is 7.14. The number of carbonyl (C=O) groups excluding carboxylic acids is 1. The molecule has 0 radical (unpaired) electrons. The number of piperazine rings is 1. The molecule has 6 heteroatoms. The molecule has 108 valence electrons. The highest BCUT2D eigenvalue weighted by molar-refractivity contribution is 5.90. The van der Waals surface area contributed by atoms with E-state index in [1.165, 1.54) is 5.56 Å². The molecule has 6 nitrogen and oxygen atoms in total. The molecule has 2 aliphatic heterocycles. The van der Waals surface area contributed by atoms with Crippen molar-refractivity contribution < 1.29 is 4.79 Å². The number of fused-ring (bicyclic) bond motifs is 1. The van der Waals surface area contributed by atoms with Crippen LogP contribution in [0.2, 0.25) is 0 Å². The average Bonchev–Trinajstić information content (AvgIpc) is 2.46. The Hall–Kier alpha value is -1.53. The molecular weight excluding hydrogens is 254 g/mol. The minimum atomic E-state index is -0.0332. The van der Waals surface area contributed by atoms with Gasteiger partial charge >= 0.3 is 0 Å². The van der Waals surface area contributed by atoms with Crippen molar-refractivity contribution in [2.45, 2.75) is 13.0 Å². The zero-order valence-electron chi connectivity index (χ0n) is 12.2. The number of rotatable bonds is 1. The molecule has 0 bridgehead atoms. The fourth-order valence-corrected chi connectivity index (χ4v) is 2.69. The molecule has 3 heterocycles. The van der Waals surface area contributed by atoms with E-state index in [2.05, 4.69) is 33.9 Å². The largest absolute Gasteiger partial charge is 0.333 e. The van der Waals surface area contributed by atoms with Crippen molar-refractivity contribution >= 4 is 5.91 Å². The molecule has 1 saturated heterocycles. The fourth-order valence-electron chi connectivity index (χ4n) is 2.69. The van der Waals surface area contributed by atoms with E-state index in [1.807, 2.05) is 11.1 Å². The standard InChI is InChI=1S/C14H21N5O/c1-17-5-7-19(8-6-17)14(20)13-15-9-11-3-4-18(2)10-12(11)16-13/h9H,3-8,10H2,1-2H3. The Bertz CT molecular complexity index is 510. The second-order valence-electron chi connectivity index (χ2n) is 5.75. The Kier molecular flexibility index (Phi) is 3.67. The zero-order valence-corrected chi connectivity index (χ0v) is 12.2. The van der Waals surface area contributed by atoms with Crippen LogP contribution in [0.1, 0.15) is 21.9 Å². The van der Waals surface area contributed by atoms with Crippen molar-refractivity contribution in [3.8, 4) is 0 Å². The summed E-state index contributed by atoms with van der Waals surface area (Å²) in [4.78, 5) is 27.5. The van der Waals surface area contributed by atoms with Gasteiger partial charge in [0.1, 0.15) is 0 Å². The summed E-state index contributed by atoms with van der Waals surface area (Å²) in [5.74, 6) is 0.317.